The fraction of sp³-hybridized carbons (Fsp3) is 0.421. The van der Waals surface area contributed by atoms with Gasteiger partial charge in [0.1, 0.15) is 10.8 Å². The molecule has 0 saturated carbocycles. The summed E-state index contributed by atoms with van der Waals surface area (Å²) in [5.74, 6) is 1.62. The summed E-state index contributed by atoms with van der Waals surface area (Å²) in [4.78, 5) is 23.8. The van der Waals surface area contributed by atoms with E-state index in [1.807, 2.05) is 27.7 Å². The number of H-pyrrole nitrogens is 1. The Bertz CT molecular complexity index is 1130. The third-order valence-electron chi connectivity index (χ3n) is 5.16. The van der Waals surface area contributed by atoms with Crippen molar-refractivity contribution in [3.05, 3.63) is 44.2 Å². The number of allylic oxidation sites excluding steroid dienone is 1. The molecular weight excluding hydrogens is 352 g/mol. The Morgan fingerprint density at radius 2 is 1.92 bits per heavy atom. The van der Waals surface area contributed by atoms with Crippen LogP contribution in [0.2, 0.25) is 0 Å². The van der Waals surface area contributed by atoms with Crippen molar-refractivity contribution in [2.24, 2.45) is 0 Å². The molecule has 0 amide bonds. The summed E-state index contributed by atoms with van der Waals surface area (Å²) in [6, 6.07) is 1.72. The van der Waals surface area contributed by atoms with Crippen LogP contribution >= 0.6 is 0 Å². The number of carbonyl (C=O) groups excluding carboxylic acids is 1. The zero-order chi connectivity index (χ0) is 19.4. The Balaban J connectivity index is 2.44. The molecule has 1 aliphatic rings. The van der Waals surface area contributed by atoms with Gasteiger partial charge in [-0.2, -0.15) is 0 Å². The zero-order valence-corrected chi connectivity index (χ0v) is 16.4. The number of nitrogens with zero attached hydrogens (tertiary/aromatic N) is 1. The van der Waals surface area contributed by atoms with E-state index < -0.39 is 15.3 Å². The van der Waals surface area contributed by atoms with Crippen LogP contribution in [-0.2, 0) is 26.6 Å². The molecular formula is C19H22N2O4S. The third-order valence-corrected chi connectivity index (χ3v) is 7.10. The molecule has 26 heavy (non-hydrogen) atoms. The molecule has 6 nitrogen and oxygen atoms in total. The van der Waals surface area contributed by atoms with E-state index in [1.54, 1.807) is 25.1 Å². The van der Waals surface area contributed by atoms with Gasteiger partial charge in [0.25, 0.3) is 5.56 Å². The Morgan fingerprint density at radius 1 is 1.27 bits per heavy atom. The van der Waals surface area contributed by atoms with Gasteiger partial charge >= 0.3 is 0 Å². The molecule has 0 fully saturated rings. The van der Waals surface area contributed by atoms with Crippen LogP contribution in [0.25, 0.3) is 11.1 Å². The van der Waals surface area contributed by atoms with E-state index in [0.717, 1.165) is 11.1 Å². The fourth-order valence-electron chi connectivity index (χ4n) is 3.97. The van der Waals surface area contributed by atoms with Gasteiger partial charge in [-0.05, 0) is 54.5 Å². The van der Waals surface area contributed by atoms with Gasteiger partial charge in [0.2, 0.25) is 9.84 Å². The molecule has 1 aliphatic heterocycles. The molecule has 0 saturated heterocycles. The first-order valence-corrected chi connectivity index (χ1v) is 9.97. The second kappa shape index (κ2) is 5.83. The van der Waals surface area contributed by atoms with E-state index >= 15 is 0 Å². The summed E-state index contributed by atoms with van der Waals surface area (Å²) < 4.78 is 27.3. The second-order valence-electron chi connectivity index (χ2n) is 7.40. The molecule has 0 radical (unpaired) electrons. The summed E-state index contributed by atoms with van der Waals surface area (Å²) in [6.45, 7) is 9.76. The molecule has 0 unspecified atom stereocenters. The van der Waals surface area contributed by atoms with Crippen molar-refractivity contribution in [2.75, 3.05) is 0 Å². The quantitative estimate of drug-likeness (QED) is 0.819. The number of aromatic nitrogens is 2. The smallest absolute Gasteiger partial charge is 0.274 e. The Kier molecular flexibility index (Phi) is 4.13. The Morgan fingerprint density at radius 3 is 2.46 bits per heavy atom. The fourth-order valence-corrected chi connectivity index (χ4v) is 6.06. The van der Waals surface area contributed by atoms with Gasteiger partial charge in [0.15, 0.2) is 0 Å². The first-order valence-electron chi connectivity index (χ1n) is 8.48. The highest BCUT2D eigenvalue weighted by atomic mass is 32.2. The lowest BCUT2D eigenvalue weighted by Crippen LogP contribution is -2.31. The molecule has 1 aromatic heterocycles. The number of sulfone groups is 1. The molecule has 3 rings (SSSR count). The zero-order valence-electron chi connectivity index (χ0n) is 15.6. The monoisotopic (exact) mass is 374 g/mol. The van der Waals surface area contributed by atoms with Gasteiger partial charge in [-0.25, -0.2) is 13.2 Å². The van der Waals surface area contributed by atoms with Crippen molar-refractivity contribution in [3.63, 3.8) is 0 Å². The molecule has 0 aliphatic carbocycles. The number of rotatable bonds is 2. The number of hydrogen-bond donors (Lipinski definition) is 1. The van der Waals surface area contributed by atoms with Crippen molar-refractivity contribution >= 4 is 15.8 Å². The predicted octanol–water partition coefficient (Wildman–Crippen LogP) is 2.65. The number of benzene rings is 1. The van der Waals surface area contributed by atoms with E-state index in [-0.39, 0.29) is 21.8 Å². The minimum atomic E-state index is -3.86. The standard InChI is InChI=1S/C19H22N2O4S/c1-6-21-18(23)15(9-20-21)14-7-11(2)17-16(12(14)3)19(4,5)8-13(10-22)26(17,24)25/h7,9,20H,6,8H2,1-5H3. The van der Waals surface area contributed by atoms with Crippen LogP contribution < -0.4 is 5.56 Å². The van der Waals surface area contributed by atoms with Crippen molar-refractivity contribution in [1.82, 2.24) is 9.78 Å². The highest BCUT2D eigenvalue weighted by Crippen LogP contribution is 2.47. The van der Waals surface area contributed by atoms with Crippen LogP contribution in [0.4, 0.5) is 0 Å². The number of aromatic amines is 1. The third kappa shape index (κ3) is 2.42. The predicted molar refractivity (Wildman–Crippen MR) is 99.7 cm³/mol. The summed E-state index contributed by atoms with van der Waals surface area (Å²) in [6.07, 6.45) is 1.75. The van der Waals surface area contributed by atoms with E-state index in [9.17, 15) is 18.0 Å². The van der Waals surface area contributed by atoms with Gasteiger partial charge in [-0.15, -0.1) is 0 Å². The van der Waals surface area contributed by atoms with Crippen LogP contribution in [-0.4, -0.2) is 24.1 Å². The normalized spacial score (nSPS) is 17.7. The molecule has 1 N–H and O–H groups in total. The van der Waals surface area contributed by atoms with E-state index in [0.29, 0.717) is 23.2 Å². The number of hydrogen-bond acceptors (Lipinski definition) is 4. The topological polar surface area (TPSA) is 89.0 Å². The summed E-state index contributed by atoms with van der Waals surface area (Å²) in [7, 11) is -3.86. The molecule has 2 heterocycles. The molecule has 1 aromatic carbocycles. The molecule has 0 atom stereocenters. The van der Waals surface area contributed by atoms with Crippen LogP contribution in [0, 0.1) is 13.8 Å². The first kappa shape index (κ1) is 18.4. The van der Waals surface area contributed by atoms with Crippen molar-refractivity contribution in [1.29, 1.82) is 0 Å². The second-order valence-corrected chi connectivity index (χ2v) is 9.30. The van der Waals surface area contributed by atoms with Gasteiger partial charge < -0.3 is 5.10 Å². The van der Waals surface area contributed by atoms with Crippen LogP contribution in [0.15, 0.2) is 26.9 Å². The van der Waals surface area contributed by atoms with E-state index in [4.69, 9.17) is 0 Å². The first-order chi connectivity index (χ1) is 12.1. The maximum Gasteiger partial charge on any atom is 0.274 e. The average Bonchev–Trinajstić information content (AvgIpc) is 2.93. The molecule has 2 aromatic rings. The minimum absolute atomic E-state index is 0.0991. The van der Waals surface area contributed by atoms with Gasteiger partial charge in [0, 0.05) is 19.2 Å². The van der Waals surface area contributed by atoms with Crippen LogP contribution in [0.5, 0.6) is 0 Å². The molecule has 0 spiro atoms. The number of aryl methyl sites for hydroxylation is 2. The Hall–Kier alpha value is -2.37. The lowest BCUT2D eigenvalue weighted by molar-refractivity contribution is 0.489. The lowest BCUT2D eigenvalue weighted by atomic mass is 9.76. The summed E-state index contributed by atoms with van der Waals surface area (Å²) in [5, 5.41) is 2.93. The van der Waals surface area contributed by atoms with Crippen molar-refractivity contribution in [2.45, 2.75) is 57.9 Å². The minimum Gasteiger partial charge on any atom is -0.302 e. The number of fused-ring (bicyclic) bond motifs is 1. The van der Waals surface area contributed by atoms with Crippen LogP contribution in [0.1, 0.15) is 43.9 Å². The van der Waals surface area contributed by atoms with Gasteiger partial charge in [0.05, 0.1) is 10.5 Å². The highest BCUT2D eigenvalue weighted by molar-refractivity contribution is 7.95. The SMILES string of the molecule is CCn1[nH]cc(-c2cc(C)c3c(c2C)C(C)(C)CC(=C=O)S3(=O)=O)c1=O. The maximum atomic E-state index is 12.9. The molecule has 7 heteroatoms. The summed E-state index contributed by atoms with van der Waals surface area (Å²) in [5.41, 5.74) is 2.50. The number of nitrogens with one attached hydrogen (secondary N) is 1. The van der Waals surface area contributed by atoms with Crippen molar-refractivity contribution in [3.8, 4) is 11.1 Å². The van der Waals surface area contributed by atoms with Crippen LogP contribution in [0.3, 0.4) is 0 Å². The molecule has 0 bridgehead atoms. The molecule has 138 valence electrons. The summed E-state index contributed by atoms with van der Waals surface area (Å²) >= 11 is 0. The largest absolute Gasteiger partial charge is 0.302 e. The van der Waals surface area contributed by atoms with Crippen molar-refractivity contribution < 1.29 is 13.2 Å². The average molecular weight is 374 g/mol. The van der Waals surface area contributed by atoms with E-state index in [2.05, 4.69) is 5.10 Å². The maximum absolute atomic E-state index is 12.9. The van der Waals surface area contributed by atoms with E-state index in [1.165, 1.54) is 4.68 Å². The highest BCUT2D eigenvalue weighted by Gasteiger charge is 2.43. The lowest BCUT2D eigenvalue weighted by Gasteiger charge is -2.35. The van der Waals surface area contributed by atoms with Gasteiger partial charge in [-0.3, -0.25) is 9.48 Å². The Labute approximate surface area is 152 Å². The van der Waals surface area contributed by atoms with Gasteiger partial charge in [-0.1, -0.05) is 13.8 Å².